The fourth-order valence-corrected chi connectivity index (χ4v) is 3.77. The van der Waals surface area contributed by atoms with E-state index in [4.69, 9.17) is 4.42 Å². The van der Waals surface area contributed by atoms with Crippen LogP contribution < -0.4 is 0 Å². The number of carbonyl (C=O) groups excluding carboxylic acids is 1. The molecule has 4 heteroatoms. The summed E-state index contributed by atoms with van der Waals surface area (Å²) in [5, 5.41) is 0. The molecule has 1 saturated carbocycles. The average molecular weight is 324 g/mol. The van der Waals surface area contributed by atoms with Crippen LogP contribution in [0.25, 0.3) is 0 Å². The summed E-state index contributed by atoms with van der Waals surface area (Å²) < 4.78 is 5.92. The zero-order valence-electron chi connectivity index (χ0n) is 14.1. The largest absolute Gasteiger partial charge is 0.466 e. The summed E-state index contributed by atoms with van der Waals surface area (Å²) in [5.74, 6) is 3.58. The molecule has 4 rings (SSSR count). The maximum atomic E-state index is 12.7. The maximum Gasteiger partial charge on any atom is 0.223 e. The van der Waals surface area contributed by atoms with Crippen molar-refractivity contribution < 1.29 is 9.21 Å². The van der Waals surface area contributed by atoms with E-state index in [9.17, 15) is 4.79 Å². The van der Waals surface area contributed by atoms with Gasteiger partial charge < -0.3 is 9.32 Å². The third-order valence-electron chi connectivity index (χ3n) is 5.34. The highest BCUT2D eigenvalue weighted by molar-refractivity contribution is 5.77. The van der Waals surface area contributed by atoms with E-state index < -0.39 is 0 Å². The van der Waals surface area contributed by atoms with Crippen LogP contribution in [0.1, 0.15) is 61.8 Å². The molecule has 0 aromatic carbocycles. The van der Waals surface area contributed by atoms with Crippen LogP contribution in [0.4, 0.5) is 0 Å². The van der Waals surface area contributed by atoms with Gasteiger partial charge in [-0.25, -0.2) is 0 Å². The van der Waals surface area contributed by atoms with Gasteiger partial charge >= 0.3 is 0 Å². The SMILES string of the molecule is CC1CC1c1ccc(CCC(=O)N2CCCC2c2ccccn2)o1. The van der Waals surface area contributed by atoms with E-state index in [1.54, 1.807) is 6.20 Å². The number of nitrogens with zero attached hydrogens (tertiary/aromatic N) is 2. The van der Waals surface area contributed by atoms with Crippen LogP contribution in [-0.4, -0.2) is 22.3 Å². The summed E-state index contributed by atoms with van der Waals surface area (Å²) in [5.41, 5.74) is 1.01. The Kier molecular flexibility index (Phi) is 4.13. The third kappa shape index (κ3) is 3.10. The number of hydrogen-bond donors (Lipinski definition) is 0. The van der Waals surface area contributed by atoms with Crippen LogP contribution in [0, 0.1) is 5.92 Å². The van der Waals surface area contributed by atoms with Crippen molar-refractivity contribution in [2.45, 2.75) is 51.0 Å². The monoisotopic (exact) mass is 324 g/mol. The lowest BCUT2D eigenvalue weighted by Crippen LogP contribution is -2.31. The zero-order chi connectivity index (χ0) is 16.5. The molecule has 0 spiro atoms. The van der Waals surface area contributed by atoms with Crippen molar-refractivity contribution in [3.8, 4) is 0 Å². The van der Waals surface area contributed by atoms with E-state index >= 15 is 0 Å². The summed E-state index contributed by atoms with van der Waals surface area (Å²) >= 11 is 0. The number of amides is 1. The van der Waals surface area contributed by atoms with Crippen molar-refractivity contribution in [2.75, 3.05) is 6.54 Å². The number of carbonyl (C=O) groups is 1. The molecule has 1 saturated heterocycles. The quantitative estimate of drug-likeness (QED) is 0.832. The summed E-state index contributed by atoms with van der Waals surface area (Å²) in [6, 6.07) is 10.2. The highest BCUT2D eigenvalue weighted by Gasteiger charge is 2.36. The second-order valence-corrected chi connectivity index (χ2v) is 7.12. The predicted molar refractivity (Wildman–Crippen MR) is 91.5 cm³/mol. The Balaban J connectivity index is 1.36. The molecule has 2 fully saturated rings. The second-order valence-electron chi connectivity index (χ2n) is 7.12. The number of hydrogen-bond acceptors (Lipinski definition) is 3. The molecule has 1 aliphatic heterocycles. The first-order valence-corrected chi connectivity index (χ1v) is 9.01. The predicted octanol–water partition coefficient (Wildman–Crippen LogP) is 4.09. The smallest absolute Gasteiger partial charge is 0.223 e. The van der Waals surface area contributed by atoms with Crippen LogP contribution in [0.3, 0.4) is 0 Å². The van der Waals surface area contributed by atoms with Crippen molar-refractivity contribution in [3.63, 3.8) is 0 Å². The van der Waals surface area contributed by atoms with Crippen molar-refractivity contribution in [1.29, 1.82) is 0 Å². The van der Waals surface area contributed by atoms with Gasteiger partial charge in [-0.05, 0) is 49.4 Å². The molecule has 0 radical (unpaired) electrons. The molecule has 126 valence electrons. The molecular formula is C20H24N2O2. The van der Waals surface area contributed by atoms with Gasteiger partial charge in [-0.2, -0.15) is 0 Å². The lowest BCUT2D eigenvalue weighted by Gasteiger charge is -2.24. The molecule has 0 N–H and O–H groups in total. The molecule has 3 heterocycles. The number of aryl methyl sites for hydroxylation is 1. The van der Waals surface area contributed by atoms with Crippen LogP contribution >= 0.6 is 0 Å². The maximum absolute atomic E-state index is 12.7. The Morgan fingerprint density at radius 2 is 2.21 bits per heavy atom. The lowest BCUT2D eigenvalue weighted by atomic mass is 10.1. The van der Waals surface area contributed by atoms with Crippen molar-refractivity contribution >= 4 is 5.91 Å². The van der Waals surface area contributed by atoms with Gasteiger partial charge in [0.1, 0.15) is 11.5 Å². The van der Waals surface area contributed by atoms with Gasteiger partial charge in [0.15, 0.2) is 0 Å². The summed E-state index contributed by atoms with van der Waals surface area (Å²) in [6.45, 7) is 3.09. The average Bonchev–Trinajstić information content (AvgIpc) is 3.05. The van der Waals surface area contributed by atoms with Crippen LogP contribution in [0.15, 0.2) is 40.9 Å². The van der Waals surface area contributed by atoms with Crippen molar-refractivity contribution in [3.05, 3.63) is 53.7 Å². The molecular weight excluding hydrogens is 300 g/mol. The van der Waals surface area contributed by atoms with E-state index in [0.29, 0.717) is 18.8 Å². The molecule has 2 aliphatic rings. The lowest BCUT2D eigenvalue weighted by molar-refractivity contribution is -0.132. The second kappa shape index (κ2) is 6.42. The van der Waals surface area contributed by atoms with Crippen LogP contribution in [0.5, 0.6) is 0 Å². The van der Waals surface area contributed by atoms with Gasteiger partial charge in [0.2, 0.25) is 5.91 Å². The zero-order valence-corrected chi connectivity index (χ0v) is 14.1. The van der Waals surface area contributed by atoms with E-state index in [-0.39, 0.29) is 11.9 Å². The molecule has 0 bridgehead atoms. The topological polar surface area (TPSA) is 46.3 Å². The Morgan fingerprint density at radius 3 is 2.96 bits per heavy atom. The van der Waals surface area contributed by atoms with Crippen molar-refractivity contribution in [2.24, 2.45) is 5.92 Å². The Labute approximate surface area is 142 Å². The third-order valence-corrected chi connectivity index (χ3v) is 5.34. The van der Waals surface area contributed by atoms with Gasteiger partial charge in [0.05, 0.1) is 11.7 Å². The van der Waals surface area contributed by atoms with E-state index in [1.807, 2.05) is 29.2 Å². The molecule has 2 aromatic rings. The number of aromatic nitrogens is 1. The fourth-order valence-electron chi connectivity index (χ4n) is 3.77. The summed E-state index contributed by atoms with van der Waals surface area (Å²) in [6.07, 6.45) is 6.29. The molecule has 2 aromatic heterocycles. The number of rotatable bonds is 5. The minimum atomic E-state index is 0.137. The standard InChI is InChI=1S/C20H24N2O2/c1-14-13-16(14)19-9-7-15(24-19)8-10-20(23)22-12-4-6-18(22)17-5-2-3-11-21-17/h2-3,5,7,9,11,14,16,18H,4,6,8,10,12-13H2,1H3. The summed E-state index contributed by atoms with van der Waals surface area (Å²) in [4.78, 5) is 19.1. The van der Waals surface area contributed by atoms with E-state index in [2.05, 4.69) is 18.0 Å². The molecule has 1 aliphatic carbocycles. The van der Waals surface area contributed by atoms with E-state index in [0.717, 1.165) is 42.5 Å². The minimum Gasteiger partial charge on any atom is -0.466 e. The molecule has 24 heavy (non-hydrogen) atoms. The van der Waals surface area contributed by atoms with Crippen LogP contribution in [-0.2, 0) is 11.2 Å². The van der Waals surface area contributed by atoms with Crippen LogP contribution in [0.2, 0.25) is 0 Å². The number of furan rings is 1. The highest BCUT2D eigenvalue weighted by Crippen LogP contribution is 2.47. The summed E-state index contributed by atoms with van der Waals surface area (Å²) in [7, 11) is 0. The van der Waals surface area contributed by atoms with Crippen molar-refractivity contribution in [1.82, 2.24) is 9.88 Å². The fraction of sp³-hybridized carbons (Fsp3) is 0.500. The van der Waals surface area contributed by atoms with Gasteiger partial charge in [-0.1, -0.05) is 13.0 Å². The molecule has 3 atom stereocenters. The molecule has 3 unspecified atom stereocenters. The number of pyridine rings is 1. The molecule has 1 amide bonds. The first-order chi connectivity index (χ1) is 11.7. The van der Waals surface area contributed by atoms with Gasteiger partial charge in [-0.15, -0.1) is 0 Å². The van der Waals surface area contributed by atoms with E-state index in [1.165, 1.54) is 6.42 Å². The van der Waals surface area contributed by atoms with Gasteiger partial charge in [-0.3, -0.25) is 9.78 Å². The van der Waals surface area contributed by atoms with Gasteiger partial charge in [0, 0.05) is 31.5 Å². The Hall–Kier alpha value is -2.10. The van der Waals surface area contributed by atoms with Gasteiger partial charge in [0.25, 0.3) is 0 Å². The molecule has 4 nitrogen and oxygen atoms in total. The minimum absolute atomic E-state index is 0.137. The number of likely N-dealkylation sites (tertiary alicyclic amines) is 1. The first-order valence-electron chi connectivity index (χ1n) is 9.01. The highest BCUT2D eigenvalue weighted by atomic mass is 16.3. The first kappa shape index (κ1) is 15.4. The normalized spacial score (nSPS) is 25.9. The Morgan fingerprint density at radius 1 is 1.33 bits per heavy atom. The Bertz CT molecular complexity index is 709.